The Morgan fingerprint density at radius 1 is 0.900 bits per heavy atom. The van der Waals surface area contributed by atoms with E-state index in [4.69, 9.17) is 0 Å². The molecule has 61 valence electrons. The maximum absolute atomic E-state index is 2.47. The van der Waals surface area contributed by atoms with Crippen LogP contribution in [-0.2, 0) is 0 Å². The minimum atomic E-state index is -0.447. The Labute approximate surface area is 70.5 Å². The van der Waals surface area contributed by atoms with Crippen LogP contribution < -0.4 is 0 Å². The van der Waals surface area contributed by atoms with Gasteiger partial charge in [-0.15, -0.1) is 0 Å². The molecule has 0 amide bonds. The molecule has 10 heavy (non-hydrogen) atoms. The van der Waals surface area contributed by atoms with Gasteiger partial charge in [-0.1, -0.05) is 0 Å². The third kappa shape index (κ3) is 8.54. The van der Waals surface area contributed by atoms with E-state index in [1.807, 2.05) is 0 Å². The summed E-state index contributed by atoms with van der Waals surface area (Å²) in [7, 11) is 0. The molecule has 0 rings (SSSR count). The van der Waals surface area contributed by atoms with Crippen molar-refractivity contribution in [1.82, 2.24) is 0 Å². The van der Waals surface area contributed by atoms with Crippen LogP contribution in [0.2, 0.25) is 16.8 Å². The van der Waals surface area contributed by atoms with Crippen LogP contribution in [0.15, 0.2) is 0 Å². The second-order valence-corrected chi connectivity index (χ2v) is 9.49. The van der Waals surface area contributed by atoms with E-state index >= 15 is 0 Å². The van der Waals surface area contributed by atoms with Crippen molar-refractivity contribution in [1.29, 1.82) is 0 Å². The predicted octanol–water partition coefficient (Wildman–Crippen LogP) is 3.71. The summed E-state index contributed by atoms with van der Waals surface area (Å²) in [6.07, 6.45) is 7.31. The topological polar surface area (TPSA) is 0 Å². The Hall–Kier alpha value is 0.543. The molecular formula is C9H21Ge. The minimum absolute atomic E-state index is 0.447. The predicted molar refractivity (Wildman–Crippen MR) is 51.0 cm³/mol. The van der Waals surface area contributed by atoms with Crippen molar-refractivity contribution >= 4 is 14.3 Å². The second kappa shape index (κ2) is 7.65. The van der Waals surface area contributed by atoms with Gasteiger partial charge in [-0.05, 0) is 0 Å². The van der Waals surface area contributed by atoms with Gasteiger partial charge in [0.15, 0.2) is 0 Å². The Morgan fingerprint density at radius 3 is 2.00 bits per heavy atom. The van der Waals surface area contributed by atoms with Crippen LogP contribution in [0.3, 0.4) is 0 Å². The fraction of sp³-hybridized carbons (Fsp3) is 1.00. The molecule has 0 aliphatic heterocycles. The molecule has 0 N–H and O–H groups in total. The molecule has 0 atom stereocenters. The first-order valence-electron chi connectivity index (χ1n) is 4.56. The fourth-order valence-electron chi connectivity index (χ4n) is 1.08. The summed E-state index contributed by atoms with van der Waals surface area (Å²) in [5.74, 6) is 4.94. The van der Waals surface area contributed by atoms with Crippen LogP contribution in [0.25, 0.3) is 0 Å². The van der Waals surface area contributed by atoms with Gasteiger partial charge in [-0.2, -0.15) is 0 Å². The molecular weight excluding hydrogens is 181 g/mol. The van der Waals surface area contributed by atoms with Crippen LogP contribution in [0.4, 0.5) is 0 Å². The molecule has 0 nitrogen and oxygen atoms in total. The van der Waals surface area contributed by atoms with Gasteiger partial charge in [0, 0.05) is 0 Å². The van der Waals surface area contributed by atoms with Crippen molar-refractivity contribution in [2.45, 2.75) is 55.8 Å². The van der Waals surface area contributed by atoms with Gasteiger partial charge in [0.25, 0.3) is 0 Å². The molecule has 0 bridgehead atoms. The summed E-state index contributed by atoms with van der Waals surface area (Å²) in [4.78, 5) is 0. The van der Waals surface area contributed by atoms with Gasteiger partial charge >= 0.3 is 70.1 Å². The van der Waals surface area contributed by atoms with Crippen molar-refractivity contribution in [2.24, 2.45) is 0 Å². The summed E-state index contributed by atoms with van der Waals surface area (Å²) in [5.41, 5.74) is 0. The first kappa shape index (κ1) is 10.5. The average molecular weight is 202 g/mol. The molecule has 1 radical (unpaired) electrons. The van der Waals surface area contributed by atoms with Crippen molar-refractivity contribution < 1.29 is 0 Å². The monoisotopic (exact) mass is 203 g/mol. The molecule has 0 unspecified atom stereocenters. The first-order chi connectivity index (χ1) is 4.77. The number of hydrogen-bond donors (Lipinski definition) is 0. The quantitative estimate of drug-likeness (QED) is 0.454. The zero-order chi connectivity index (χ0) is 7.82. The molecule has 0 aromatic carbocycles. The summed E-state index contributed by atoms with van der Waals surface area (Å²) < 4.78 is 0. The van der Waals surface area contributed by atoms with Crippen LogP contribution in [0, 0.1) is 0 Å². The number of unbranched alkanes of at least 4 members (excludes halogenated alkanes) is 4. The van der Waals surface area contributed by atoms with E-state index < -0.39 is 14.3 Å². The van der Waals surface area contributed by atoms with Crippen LogP contribution in [0.5, 0.6) is 0 Å². The summed E-state index contributed by atoms with van der Waals surface area (Å²) >= 11 is -0.447. The van der Waals surface area contributed by atoms with Crippen molar-refractivity contribution in [2.75, 3.05) is 0 Å². The zero-order valence-corrected chi connectivity index (χ0v) is 9.84. The van der Waals surface area contributed by atoms with Crippen LogP contribution in [0.1, 0.15) is 39.0 Å². The maximum atomic E-state index is 2.47. The van der Waals surface area contributed by atoms with Gasteiger partial charge in [0.1, 0.15) is 0 Å². The van der Waals surface area contributed by atoms with E-state index in [9.17, 15) is 0 Å². The standard InChI is InChI=1S/C9H21Ge/c1-4-5-6-7-8-9-10(2)3/h4-9H2,1-3H3. The number of rotatable bonds is 6. The third-order valence-electron chi connectivity index (χ3n) is 1.78. The van der Waals surface area contributed by atoms with Gasteiger partial charge in [-0.25, -0.2) is 0 Å². The summed E-state index contributed by atoms with van der Waals surface area (Å²) in [6.45, 7) is 2.28. The summed E-state index contributed by atoms with van der Waals surface area (Å²) in [6, 6.07) is 0. The molecule has 0 aromatic heterocycles. The van der Waals surface area contributed by atoms with Crippen LogP contribution >= 0.6 is 0 Å². The van der Waals surface area contributed by atoms with Gasteiger partial charge in [-0.3, -0.25) is 0 Å². The van der Waals surface area contributed by atoms with Gasteiger partial charge in [0.05, 0.1) is 0 Å². The molecule has 0 saturated heterocycles. The Kier molecular flexibility index (Phi) is 8.06. The van der Waals surface area contributed by atoms with Crippen molar-refractivity contribution in [3.63, 3.8) is 0 Å². The Morgan fingerprint density at radius 2 is 1.50 bits per heavy atom. The second-order valence-electron chi connectivity index (χ2n) is 3.37. The molecule has 0 fully saturated rings. The Balaban J connectivity index is 2.77. The van der Waals surface area contributed by atoms with E-state index in [2.05, 4.69) is 18.4 Å². The Bertz CT molecular complexity index is 59.7. The van der Waals surface area contributed by atoms with E-state index in [1.54, 1.807) is 5.25 Å². The molecule has 0 saturated carbocycles. The average Bonchev–Trinajstić information content (AvgIpc) is 1.87. The van der Waals surface area contributed by atoms with E-state index in [-0.39, 0.29) is 0 Å². The molecule has 0 heterocycles. The molecule has 0 spiro atoms. The van der Waals surface area contributed by atoms with E-state index in [0.29, 0.717) is 0 Å². The van der Waals surface area contributed by atoms with E-state index in [0.717, 1.165) is 0 Å². The van der Waals surface area contributed by atoms with Crippen molar-refractivity contribution in [3.05, 3.63) is 0 Å². The normalized spacial score (nSPS) is 10.8. The zero-order valence-electron chi connectivity index (χ0n) is 7.74. The molecule has 0 aliphatic carbocycles. The molecule has 0 aromatic rings. The SMILES string of the molecule is CCCCCC[CH2][Ge]([CH3])[CH3]. The van der Waals surface area contributed by atoms with E-state index in [1.165, 1.54) is 32.1 Å². The van der Waals surface area contributed by atoms with Crippen LogP contribution in [-0.4, -0.2) is 14.3 Å². The fourth-order valence-corrected chi connectivity index (χ4v) is 3.09. The van der Waals surface area contributed by atoms with Crippen molar-refractivity contribution in [3.8, 4) is 0 Å². The molecule has 1 heteroatoms. The first-order valence-corrected chi connectivity index (χ1v) is 10.2. The number of hydrogen-bond acceptors (Lipinski definition) is 0. The summed E-state index contributed by atoms with van der Waals surface area (Å²) in [5, 5.41) is 1.59. The van der Waals surface area contributed by atoms with Gasteiger partial charge in [0.2, 0.25) is 0 Å². The molecule has 0 aliphatic rings. The van der Waals surface area contributed by atoms with Gasteiger partial charge < -0.3 is 0 Å². The third-order valence-corrected chi connectivity index (χ3v) is 4.62.